The first-order valence-electron chi connectivity index (χ1n) is 8.46. The highest BCUT2D eigenvalue weighted by molar-refractivity contribution is 14.0. The van der Waals surface area contributed by atoms with E-state index in [4.69, 9.17) is 4.42 Å². The van der Waals surface area contributed by atoms with Gasteiger partial charge in [0.05, 0.1) is 17.8 Å². The molecule has 0 atom stereocenters. The summed E-state index contributed by atoms with van der Waals surface area (Å²) < 4.78 is 5.17. The van der Waals surface area contributed by atoms with E-state index in [0.29, 0.717) is 12.5 Å². The van der Waals surface area contributed by atoms with Gasteiger partial charge in [-0.2, -0.15) is 0 Å². The average Bonchev–Trinajstić information content (AvgIpc) is 3.29. The number of aliphatic imine (C=N–C) groups is 1. The zero-order chi connectivity index (χ0) is 17.9. The fraction of sp³-hybridized carbons (Fsp3) is 0.471. The summed E-state index contributed by atoms with van der Waals surface area (Å²) in [6.07, 6.45) is 5.36. The van der Waals surface area contributed by atoms with Gasteiger partial charge >= 0.3 is 0 Å². The van der Waals surface area contributed by atoms with Crippen molar-refractivity contribution in [2.24, 2.45) is 4.99 Å². The molecule has 7 nitrogen and oxygen atoms in total. The van der Waals surface area contributed by atoms with E-state index in [9.17, 15) is 4.79 Å². The highest BCUT2D eigenvalue weighted by Crippen LogP contribution is 2.13. The van der Waals surface area contributed by atoms with E-state index in [1.54, 1.807) is 23.7 Å². The molecule has 0 saturated heterocycles. The third-order valence-corrected chi connectivity index (χ3v) is 4.55. The lowest BCUT2D eigenvalue weighted by Crippen LogP contribution is -2.39. The monoisotopic (exact) mass is 491 g/mol. The van der Waals surface area contributed by atoms with Crippen LogP contribution in [0.25, 0.3) is 0 Å². The molecular formula is C17H26IN5O2S. The molecular weight excluding hydrogens is 465 g/mol. The van der Waals surface area contributed by atoms with Gasteiger partial charge in [0, 0.05) is 30.6 Å². The second-order valence-corrected chi connectivity index (χ2v) is 6.50. The third kappa shape index (κ3) is 8.17. The zero-order valence-corrected chi connectivity index (χ0v) is 18.2. The first-order chi connectivity index (χ1) is 12.2. The maximum Gasteiger partial charge on any atom is 0.242 e. The summed E-state index contributed by atoms with van der Waals surface area (Å²) in [5, 5.41) is 10.2. The molecule has 0 aromatic carbocycles. The maximum absolute atomic E-state index is 11.9. The quantitative estimate of drug-likeness (QED) is 0.285. The molecule has 2 aromatic rings. The number of carbonyl (C=O) groups excluding carboxylic acids is 1. The van der Waals surface area contributed by atoms with Crippen molar-refractivity contribution in [3.63, 3.8) is 0 Å². The highest BCUT2D eigenvalue weighted by atomic mass is 127. The number of amides is 1. The number of aromatic nitrogens is 1. The number of thiazole rings is 1. The van der Waals surface area contributed by atoms with Crippen LogP contribution in [0.1, 0.15) is 29.5 Å². The number of carbonyl (C=O) groups is 1. The predicted molar refractivity (Wildman–Crippen MR) is 115 cm³/mol. The number of aryl methyl sites for hydroxylation is 1. The lowest BCUT2D eigenvalue weighted by atomic mass is 10.4. The number of guanidine groups is 1. The Labute approximate surface area is 175 Å². The zero-order valence-electron chi connectivity index (χ0n) is 15.1. The van der Waals surface area contributed by atoms with Crippen LogP contribution in [0.5, 0.6) is 0 Å². The number of hydrogen-bond donors (Lipinski definition) is 3. The predicted octanol–water partition coefficient (Wildman–Crippen LogP) is 2.33. The summed E-state index contributed by atoms with van der Waals surface area (Å²) in [5.41, 5.74) is 0. The Kier molecular flexibility index (Phi) is 10.9. The van der Waals surface area contributed by atoms with Crippen LogP contribution in [0.2, 0.25) is 0 Å². The molecule has 9 heteroatoms. The van der Waals surface area contributed by atoms with Crippen LogP contribution in [0.4, 0.5) is 0 Å². The van der Waals surface area contributed by atoms with E-state index in [-0.39, 0.29) is 36.4 Å². The molecule has 0 saturated carbocycles. The van der Waals surface area contributed by atoms with Crippen molar-refractivity contribution in [2.75, 3.05) is 19.6 Å². The van der Waals surface area contributed by atoms with Gasteiger partial charge in [0.1, 0.15) is 12.3 Å². The van der Waals surface area contributed by atoms with Gasteiger partial charge in [-0.3, -0.25) is 4.79 Å². The molecule has 144 valence electrons. The smallest absolute Gasteiger partial charge is 0.242 e. The van der Waals surface area contributed by atoms with Crippen molar-refractivity contribution >= 4 is 47.2 Å². The highest BCUT2D eigenvalue weighted by Gasteiger charge is 2.05. The van der Waals surface area contributed by atoms with Crippen LogP contribution in [0.3, 0.4) is 0 Å². The molecule has 0 radical (unpaired) electrons. The summed E-state index contributed by atoms with van der Waals surface area (Å²) in [4.78, 5) is 21.8. The van der Waals surface area contributed by atoms with Gasteiger partial charge in [-0.15, -0.1) is 35.3 Å². The number of rotatable bonds is 9. The van der Waals surface area contributed by atoms with Gasteiger partial charge in [0.25, 0.3) is 0 Å². The van der Waals surface area contributed by atoms with Crippen LogP contribution in [0.15, 0.2) is 34.0 Å². The average molecular weight is 491 g/mol. The SMILES string of the molecule is CCNC(=NCC(=O)NCc1ccco1)NCCc1ncc(CC)s1.I. The fourth-order valence-electron chi connectivity index (χ4n) is 2.06. The van der Waals surface area contributed by atoms with Crippen LogP contribution < -0.4 is 16.0 Å². The lowest BCUT2D eigenvalue weighted by molar-refractivity contribution is -0.119. The minimum absolute atomic E-state index is 0. The minimum atomic E-state index is -0.152. The Morgan fingerprint density at radius 1 is 1.31 bits per heavy atom. The number of hydrogen-bond acceptors (Lipinski definition) is 5. The van der Waals surface area contributed by atoms with Crippen molar-refractivity contribution in [1.82, 2.24) is 20.9 Å². The molecule has 0 spiro atoms. The number of furan rings is 1. The van der Waals surface area contributed by atoms with E-state index >= 15 is 0 Å². The Morgan fingerprint density at radius 2 is 2.15 bits per heavy atom. The molecule has 0 aliphatic heterocycles. The van der Waals surface area contributed by atoms with Gasteiger partial charge in [0.15, 0.2) is 5.96 Å². The van der Waals surface area contributed by atoms with Crippen LogP contribution in [0, 0.1) is 0 Å². The van der Waals surface area contributed by atoms with E-state index < -0.39 is 0 Å². The van der Waals surface area contributed by atoms with Crippen molar-refractivity contribution in [2.45, 2.75) is 33.2 Å². The Morgan fingerprint density at radius 3 is 2.81 bits per heavy atom. The minimum Gasteiger partial charge on any atom is -0.467 e. The summed E-state index contributed by atoms with van der Waals surface area (Å²) in [6, 6.07) is 3.61. The van der Waals surface area contributed by atoms with Gasteiger partial charge in [-0.05, 0) is 25.5 Å². The topological polar surface area (TPSA) is 91.5 Å². The molecule has 1 amide bonds. The van der Waals surface area contributed by atoms with Gasteiger partial charge in [-0.1, -0.05) is 6.92 Å². The molecule has 2 rings (SSSR count). The summed E-state index contributed by atoms with van der Waals surface area (Å²) in [6.45, 7) is 6.00. The summed E-state index contributed by atoms with van der Waals surface area (Å²) >= 11 is 1.74. The van der Waals surface area contributed by atoms with Gasteiger partial charge in [-0.25, -0.2) is 9.98 Å². The fourth-order valence-corrected chi connectivity index (χ4v) is 2.92. The lowest BCUT2D eigenvalue weighted by Gasteiger charge is -2.10. The third-order valence-electron chi connectivity index (χ3n) is 3.35. The van der Waals surface area contributed by atoms with E-state index in [2.05, 4.69) is 32.9 Å². The molecule has 3 N–H and O–H groups in total. The standard InChI is InChI=1S/C17H25N5O2S.HI/c1-3-14-11-21-16(25-14)7-8-19-17(18-4-2)22-12-15(23)20-10-13-6-5-9-24-13;/h5-6,9,11H,3-4,7-8,10,12H2,1-2H3,(H,20,23)(H2,18,19,22);1H. The Bertz CT molecular complexity index is 673. The normalized spacial score (nSPS) is 10.9. The van der Waals surface area contributed by atoms with E-state index in [1.165, 1.54) is 4.88 Å². The van der Waals surface area contributed by atoms with Crippen molar-refractivity contribution < 1.29 is 9.21 Å². The second kappa shape index (κ2) is 12.7. The molecule has 0 unspecified atom stereocenters. The van der Waals surface area contributed by atoms with Crippen molar-refractivity contribution in [1.29, 1.82) is 0 Å². The van der Waals surface area contributed by atoms with Crippen LogP contribution in [-0.4, -0.2) is 36.5 Å². The van der Waals surface area contributed by atoms with Gasteiger partial charge < -0.3 is 20.4 Å². The number of nitrogens with one attached hydrogen (secondary N) is 3. The molecule has 0 bridgehead atoms. The molecule has 2 heterocycles. The van der Waals surface area contributed by atoms with Crippen molar-refractivity contribution in [3.05, 3.63) is 40.2 Å². The number of halogens is 1. The molecule has 0 fully saturated rings. The molecule has 0 aliphatic carbocycles. The second-order valence-electron chi connectivity index (χ2n) is 5.30. The first kappa shape index (κ1) is 22.4. The van der Waals surface area contributed by atoms with Crippen LogP contribution in [-0.2, 0) is 24.2 Å². The summed E-state index contributed by atoms with van der Waals surface area (Å²) in [5.74, 6) is 1.20. The molecule has 0 aliphatic rings. The first-order valence-corrected chi connectivity index (χ1v) is 9.27. The van der Waals surface area contributed by atoms with E-state index in [1.807, 2.05) is 19.2 Å². The maximum atomic E-state index is 11.9. The van der Waals surface area contributed by atoms with Crippen LogP contribution >= 0.6 is 35.3 Å². The van der Waals surface area contributed by atoms with E-state index in [0.717, 1.165) is 36.7 Å². The van der Waals surface area contributed by atoms with Crippen molar-refractivity contribution in [3.8, 4) is 0 Å². The number of nitrogens with zero attached hydrogens (tertiary/aromatic N) is 2. The Hall–Kier alpha value is -1.62. The largest absolute Gasteiger partial charge is 0.467 e. The van der Waals surface area contributed by atoms with Gasteiger partial charge in [0.2, 0.25) is 5.91 Å². The molecule has 2 aromatic heterocycles. The summed E-state index contributed by atoms with van der Waals surface area (Å²) in [7, 11) is 0. The Balaban J connectivity index is 0.00000338. The molecule has 26 heavy (non-hydrogen) atoms.